The number of carboxylic acids is 1. The van der Waals surface area contributed by atoms with Gasteiger partial charge in [-0.05, 0) is 60.2 Å². The van der Waals surface area contributed by atoms with E-state index in [-0.39, 0.29) is 35.2 Å². The Morgan fingerprint density at radius 2 is 1.82 bits per heavy atom. The Bertz CT molecular complexity index is 2150. The molecule has 2 heterocycles. The van der Waals surface area contributed by atoms with Crippen molar-refractivity contribution in [1.29, 1.82) is 0 Å². The monoisotopic (exact) mass is 590 g/mol. The van der Waals surface area contributed by atoms with Gasteiger partial charge in [0.25, 0.3) is 5.56 Å². The van der Waals surface area contributed by atoms with Crippen LogP contribution in [0.4, 0.5) is 5.69 Å². The van der Waals surface area contributed by atoms with Crippen molar-refractivity contribution in [2.75, 3.05) is 7.11 Å². The van der Waals surface area contributed by atoms with Crippen molar-refractivity contribution in [3.8, 4) is 23.1 Å². The molecule has 12 heteroatoms. The maximum absolute atomic E-state index is 13.6. The summed E-state index contributed by atoms with van der Waals surface area (Å²) >= 11 is 0. The van der Waals surface area contributed by atoms with Crippen molar-refractivity contribution in [3.05, 3.63) is 128 Å². The molecule has 12 nitrogen and oxygen atoms in total. The predicted molar refractivity (Wildman–Crippen MR) is 162 cm³/mol. The van der Waals surface area contributed by atoms with Crippen LogP contribution in [0.15, 0.2) is 105 Å². The second kappa shape index (κ2) is 11.5. The first-order valence-electron chi connectivity index (χ1n) is 13.2. The summed E-state index contributed by atoms with van der Waals surface area (Å²) < 4.78 is 18.2. The molecule has 0 fully saturated rings. The molecule has 0 bridgehead atoms. The maximum atomic E-state index is 13.6. The summed E-state index contributed by atoms with van der Waals surface area (Å²) in [7, 11) is 1.55. The van der Waals surface area contributed by atoms with E-state index in [2.05, 4.69) is 10.1 Å². The van der Waals surface area contributed by atoms with Gasteiger partial charge >= 0.3 is 11.7 Å². The molecule has 6 rings (SSSR count). The summed E-state index contributed by atoms with van der Waals surface area (Å²) in [5, 5.41) is 26.3. The molecular weight excluding hydrogens is 568 g/mol. The van der Waals surface area contributed by atoms with E-state index in [4.69, 9.17) is 19.0 Å². The number of furan rings is 1. The van der Waals surface area contributed by atoms with E-state index in [0.29, 0.717) is 38.7 Å². The van der Waals surface area contributed by atoms with Crippen LogP contribution in [0.25, 0.3) is 33.5 Å². The molecule has 6 aromatic rings. The van der Waals surface area contributed by atoms with E-state index < -0.39 is 16.5 Å². The van der Waals surface area contributed by atoms with E-state index >= 15 is 0 Å². The number of nitrogens with zero attached hydrogens (tertiary/aromatic N) is 4. The third kappa shape index (κ3) is 5.34. The molecule has 0 saturated heterocycles. The van der Waals surface area contributed by atoms with Crippen LogP contribution in [0.3, 0.4) is 0 Å². The summed E-state index contributed by atoms with van der Waals surface area (Å²) in [5.74, 6) is -0.0577. The van der Waals surface area contributed by atoms with Gasteiger partial charge in [0.2, 0.25) is 5.82 Å². The minimum Gasteiger partial charge on any atom is -0.496 e. The number of ether oxygens (including phenoxy) is 2. The van der Waals surface area contributed by atoms with Gasteiger partial charge in [-0.15, -0.1) is 0 Å². The standard InChI is InChI=1S/C32H22N4O8/c1-42-26-7-4-8-27-23(26)16-29(44-27)30-34-24-6-3-2-5-22(24)31(37)35(30)33-17-20-11-14-28(25(15-20)36(40)41)43-18-19-9-12-21(13-10-19)32(38)39/h2-17H,18H2,1H3,(H,38,39). The molecule has 0 unspecified atom stereocenters. The lowest BCUT2D eigenvalue weighted by molar-refractivity contribution is -0.385. The fourth-order valence-electron chi connectivity index (χ4n) is 4.62. The SMILES string of the molecule is COc1cccc2oc(-c3nc4ccccc4c(=O)n3N=Cc3ccc(OCc4ccc(C(=O)O)cc4)c([N+](=O)[O-])c3)cc12. The van der Waals surface area contributed by atoms with Gasteiger partial charge in [0.1, 0.15) is 17.9 Å². The maximum Gasteiger partial charge on any atom is 0.335 e. The number of rotatable bonds is 9. The summed E-state index contributed by atoms with van der Waals surface area (Å²) in [5.41, 5.74) is 1.28. The molecule has 2 aromatic heterocycles. The number of methoxy groups -OCH3 is 1. The molecule has 0 aliphatic heterocycles. The summed E-state index contributed by atoms with van der Waals surface area (Å²) in [6.45, 7) is -0.0159. The molecule has 0 aliphatic carbocycles. The Kier molecular flexibility index (Phi) is 7.30. The van der Waals surface area contributed by atoms with Crippen LogP contribution in [0.2, 0.25) is 0 Å². The van der Waals surface area contributed by atoms with Crippen LogP contribution in [-0.4, -0.2) is 39.0 Å². The second-order valence-electron chi connectivity index (χ2n) is 9.57. The quantitative estimate of drug-likeness (QED) is 0.123. The average Bonchev–Trinajstić information content (AvgIpc) is 3.48. The third-order valence-electron chi connectivity index (χ3n) is 6.81. The topological polar surface area (TPSA) is 159 Å². The minimum atomic E-state index is -1.06. The van der Waals surface area contributed by atoms with Gasteiger partial charge in [0.15, 0.2) is 11.5 Å². The van der Waals surface area contributed by atoms with E-state index in [1.54, 1.807) is 73.8 Å². The van der Waals surface area contributed by atoms with Crippen molar-refractivity contribution in [2.45, 2.75) is 6.61 Å². The summed E-state index contributed by atoms with van der Waals surface area (Å²) in [6.07, 6.45) is 1.31. The number of hydrogen-bond donors (Lipinski definition) is 1. The van der Waals surface area contributed by atoms with E-state index in [9.17, 15) is 19.7 Å². The Morgan fingerprint density at radius 1 is 1.02 bits per heavy atom. The fourth-order valence-corrected chi connectivity index (χ4v) is 4.62. The van der Waals surface area contributed by atoms with Crippen LogP contribution in [-0.2, 0) is 6.61 Å². The van der Waals surface area contributed by atoms with Crippen LogP contribution in [0, 0.1) is 10.1 Å². The Labute approximate surface area is 248 Å². The first-order valence-corrected chi connectivity index (χ1v) is 13.2. The van der Waals surface area contributed by atoms with Gasteiger partial charge < -0.3 is 19.0 Å². The molecule has 1 N–H and O–H groups in total. The first-order chi connectivity index (χ1) is 21.3. The first kappa shape index (κ1) is 27.8. The normalized spacial score (nSPS) is 11.3. The van der Waals surface area contributed by atoms with E-state index in [0.717, 1.165) is 4.68 Å². The van der Waals surface area contributed by atoms with E-state index in [1.165, 1.54) is 30.5 Å². The number of nitro benzene ring substituents is 1. The number of fused-ring (bicyclic) bond motifs is 2. The number of hydrogen-bond acceptors (Lipinski definition) is 9. The number of benzene rings is 4. The van der Waals surface area contributed by atoms with Crippen molar-refractivity contribution < 1.29 is 28.7 Å². The van der Waals surface area contributed by atoms with Crippen LogP contribution in [0.5, 0.6) is 11.5 Å². The molecule has 0 amide bonds. The van der Waals surface area contributed by atoms with Gasteiger partial charge in [-0.2, -0.15) is 9.78 Å². The molecule has 44 heavy (non-hydrogen) atoms. The molecule has 0 spiro atoms. The zero-order valence-electron chi connectivity index (χ0n) is 23.0. The van der Waals surface area contributed by atoms with Crippen molar-refractivity contribution in [1.82, 2.24) is 9.66 Å². The lowest BCUT2D eigenvalue weighted by Gasteiger charge is -2.09. The molecule has 0 saturated carbocycles. The number of nitro groups is 1. The molecule has 0 radical (unpaired) electrons. The van der Waals surface area contributed by atoms with Gasteiger partial charge in [0, 0.05) is 11.6 Å². The van der Waals surface area contributed by atoms with Crippen LogP contribution in [0.1, 0.15) is 21.5 Å². The number of para-hydroxylation sites is 1. The minimum absolute atomic E-state index is 0.0101. The molecular formula is C32H22N4O8. The second-order valence-corrected chi connectivity index (χ2v) is 9.57. The fraction of sp³-hybridized carbons (Fsp3) is 0.0625. The largest absolute Gasteiger partial charge is 0.496 e. The third-order valence-corrected chi connectivity index (χ3v) is 6.81. The highest BCUT2D eigenvalue weighted by atomic mass is 16.6. The summed E-state index contributed by atoms with van der Waals surface area (Å²) in [6, 6.07) is 24.1. The molecule has 218 valence electrons. The zero-order chi connectivity index (χ0) is 30.8. The highest BCUT2D eigenvalue weighted by Crippen LogP contribution is 2.33. The number of carbonyl (C=O) groups is 1. The smallest absolute Gasteiger partial charge is 0.335 e. The van der Waals surface area contributed by atoms with Crippen LogP contribution < -0.4 is 15.0 Å². The lowest BCUT2D eigenvalue weighted by Crippen LogP contribution is -2.20. The van der Waals surface area contributed by atoms with Crippen molar-refractivity contribution in [3.63, 3.8) is 0 Å². The zero-order valence-corrected chi connectivity index (χ0v) is 23.0. The van der Waals surface area contributed by atoms with Crippen molar-refractivity contribution >= 4 is 39.7 Å². The Morgan fingerprint density at radius 3 is 2.57 bits per heavy atom. The highest BCUT2D eigenvalue weighted by molar-refractivity contribution is 5.89. The van der Waals surface area contributed by atoms with Gasteiger partial charge in [-0.3, -0.25) is 14.9 Å². The Hall–Kier alpha value is -6.30. The lowest BCUT2D eigenvalue weighted by atomic mass is 10.1. The molecule has 4 aromatic carbocycles. The Balaban J connectivity index is 1.36. The average molecular weight is 591 g/mol. The van der Waals surface area contributed by atoms with Gasteiger partial charge in [-0.1, -0.05) is 30.3 Å². The van der Waals surface area contributed by atoms with Crippen LogP contribution >= 0.6 is 0 Å². The van der Waals surface area contributed by atoms with Crippen molar-refractivity contribution in [2.24, 2.45) is 5.10 Å². The molecule has 0 aliphatic rings. The van der Waals surface area contributed by atoms with Gasteiger partial charge in [-0.25, -0.2) is 9.78 Å². The molecule has 0 atom stereocenters. The summed E-state index contributed by atoms with van der Waals surface area (Å²) in [4.78, 5) is 40.6. The number of aromatic carboxylic acids is 1. The highest BCUT2D eigenvalue weighted by Gasteiger charge is 2.19. The number of carboxylic acid groups (broad SMARTS) is 1. The predicted octanol–water partition coefficient (Wildman–Crippen LogP) is 5.89. The van der Waals surface area contributed by atoms with E-state index in [1.807, 2.05) is 0 Å². The number of aromatic nitrogens is 2. The van der Waals surface area contributed by atoms with Gasteiger partial charge in [0.05, 0.1) is 40.1 Å².